The highest BCUT2D eigenvalue weighted by Gasteiger charge is 2.26. The van der Waals surface area contributed by atoms with Gasteiger partial charge in [-0.05, 0) is 26.3 Å². The van der Waals surface area contributed by atoms with E-state index in [0.29, 0.717) is 12.0 Å². The van der Waals surface area contributed by atoms with Crippen molar-refractivity contribution in [1.29, 1.82) is 0 Å². The molecule has 4 nitrogen and oxygen atoms in total. The molecule has 0 radical (unpaired) electrons. The molecular formula is C11H19N3OS. The highest BCUT2D eigenvalue weighted by atomic mass is 32.1. The molecule has 0 aromatic carbocycles. The molecule has 1 aromatic heterocycles. The maximum atomic E-state index is 5.55. The third-order valence-electron chi connectivity index (χ3n) is 2.73. The summed E-state index contributed by atoms with van der Waals surface area (Å²) >= 11 is 1.72. The van der Waals surface area contributed by atoms with Crippen LogP contribution in [0.4, 0.5) is 0 Å². The molecule has 2 atom stereocenters. The zero-order valence-electron chi connectivity index (χ0n) is 9.90. The first kappa shape index (κ1) is 12.0. The molecular weight excluding hydrogens is 222 g/mol. The normalized spacial score (nSPS) is 25.1. The van der Waals surface area contributed by atoms with Gasteiger partial charge in [-0.15, -0.1) is 10.2 Å². The Balaban J connectivity index is 1.87. The molecule has 1 N–H and O–H groups in total. The molecule has 90 valence electrons. The van der Waals surface area contributed by atoms with Crippen molar-refractivity contribution in [3.8, 4) is 0 Å². The summed E-state index contributed by atoms with van der Waals surface area (Å²) in [5.41, 5.74) is 0. The van der Waals surface area contributed by atoms with Crippen molar-refractivity contribution in [3.63, 3.8) is 0 Å². The molecule has 2 heterocycles. The van der Waals surface area contributed by atoms with E-state index in [2.05, 4.69) is 29.4 Å². The second-order valence-electron chi connectivity index (χ2n) is 4.29. The third kappa shape index (κ3) is 2.99. The van der Waals surface area contributed by atoms with Crippen LogP contribution in [0.15, 0.2) is 0 Å². The van der Waals surface area contributed by atoms with Crippen LogP contribution in [-0.4, -0.2) is 29.5 Å². The van der Waals surface area contributed by atoms with Crippen LogP contribution in [0, 0.1) is 0 Å². The van der Waals surface area contributed by atoms with Crippen LogP contribution in [-0.2, 0) is 11.3 Å². The molecule has 1 saturated heterocycles. The number of nitrogens with one attached hydrogen (secondary N) is 1. The van der Waals surface area contributed by atoms with Crippen molar-refractivity contribution in [1.82, 2.24) is 15.5 Å². The fraction of sp³-hybridized carbons (Fsp3) is 0.818. The second kappa shape index (κ2) is 5.70. The van der Waals surface area contributed by atoms with Crippen molar-refractivity contribution in [2.45, 2.75) is 45.3 Å². The van der Waals surface area contributed by atoms with Gasteiger partial charge in [0.1, 0.15) is 10.0 Å². The second-order valence-corrected chi connectivity index (χ2v) is 5.38. The van der Waals surface area contributed by atoms with Gasteiger partial charge in [0.05, 0.1) is 12.7 Å². The topological polar surface area (TPSA) is 47.0 Å². The maximum absolute atomic E-state index is 5.55. The van der Waals surface area contributed by atoms with Crippen LogP contribution in [0.5, 0.6) is 0 Å². The molecule has 1 aliphatic heterocycles. The maximum Gasteiger partial charge on any atom is 0.131 e. The van der Waals surface area contributed by atoms with Gasteiger partial charge < -0.3 is 10.1 Å². The van der Waals surface area contributed by atoms with Crippen LogP contribution < -0.4 is 5.32 Å². The molecule has 0 saturated carbocycles. The standard InChI is InChI=1S/C11H19N3OS/c1-3-4-12-6-10-13-14-11(16-10)9-5-8(2)15-7-9/h8-9,12H,3-7H2,1-2H3. The van der Waals surface area contributed by atoms with E-state index in [1.807, 2.05) is 0 Å². The van der Waals surface area contributed by atoms with Crippen LogP contribution in [0.3, 0.4) is 0 Å². The van der Waals surface area contributed by atoms with E-state index in [0.717, 1.165) is 42.6 Å². The van der Waals surface area contributed by atoms with Crippen molar-refractivity contribution >= 4 is 11.3 Å². The molecule has 2 rings (SSSR count). The number of hydrogen-bond acceptors (Lipinski definition) is 5. The van der Waals surface area contributed by atoms with Crippen molar-refractivity contribution in [2.75, 3.05) is 13.2 Å². The Morgan fingerprint density at radius 1 is 1.50 bits per heavy atom. The minimum atomic E-state index is 0.371. The average Bonchev–Trinajstić information content (AvgIpc) is 2.87. The van der Waals surface area contributed by atoms with E-state index in [-0.39, 0.29) is 0 Å². The zero-order valence-corrected chi connectivity index (χ0v) is 10.7. The highest BCUT2D eigenvalue weighted by molar-refractivity contribution is 7.11. The van der Waals surface area contributed by atoms with Gasteiger partial charge >= 0.3 is 0 Å². The van der Waals surface area contributed by atoms with Crippen molar-refractivity contribution < 1.29 is 4.74 Å². The van der Waals surface area contributed by atoms with E-state index < -0.39 is 0 Å². The summed E-state index contributed by atoms with van der Waals surface area (Å²) in [6, 6.07) is 0. The molecule has 0 amide bonds. The Morgan fingerprint density at radius 2 is 2.38 bits per heavy atom. The first-order valence-electron chi connectivity index (χ1n) is 5.94. The number of nitrogens with zero attached hydrogens (tertiary/aromatic N) is 2. The van der Waals surface area contributed by atoms with Crippen LogP contribution in [0.1, 0.15) is 42.6 Å². The molecule has 0 spiro atoms. The Labute approximate surface area is 100 Å². The predicted molar refractivity (Wildman–Crippen MR) is 64.7 cm³/mol. The fourth-order valence-corrected chi connectivity index (χ4v) is 2.77. The molecule has 1 aromatic rings. The van der Waals surface area contributed by atoms with E-state index in [1.165, 1.54) is 0 Å². The van der Waals surface area contributed by atoms with Gasteiger partial charge in [-0.1, -0.05) is 18.3 Å². The zero-order chi connectivity index (χ0) is 11.4. The van der Waals surface area contributed by atoms with Crippen LogP contribution in [0.25, 0.3) is 0 Å². The van der Waals surface area contributed by atoms with Crippen molar-refractivity contribution in [2.24, 2.45) is 0 Å². The number of aromatic nitrogens is 2. The van der Waals surface area contributed by atoms with Gasteiger partial charge in [-0.2, -0.15) is 0 Å². The summed E-state index contributed by atoms with van der Waals surface area (Å²) in [6.45, 7) is 6.96. The Bertz CT molecular complexity index is 329. The number of hydrogen-bond donors (Lipinski definition) is 1. The van der Waals surface area contributed by atoms with Gasteiger partial charge in [-0.25, -0.2) is 0 Å². The summed E-state index contributed by atoms with van der Waals surface area (Å²) in [5, 5.41) is 14.0. The SMILES string of the molecule is CCCNCc1nnc(C2COC(C)C2)s1. The average molecular weight is 241 g/mol. The quantitative estimate of drug-likeness (QED) is 0.800. The Morgan fingerprint density at radius 3 is 3.06 bits per heavy atom. The molecule has 0 bridgehead atoms. The Kier molecular flexibility index (Phi) is 4.26. The lowest BCUT2D eigenvalue weighted by Crippen LogP contribution is -2.13. The molecule has 2 unspecified atom stereocenters. The highest BCUT2D eigenvalue weighted by Crippen LogP contribution is 2.30. The van der Waals surface area contributed by atoms with Gasteiger partial charge in [0.25, 0.3) is 0 Å². The largest absolute Gasteiger partial charge is 0.378 e. The minimum Gasteiger partial charge on any atom is -0.378 e. The van der Waals surface area contributed by atoms with Gasteiger partial charge in [0, 0.05) is 12.5 Å². The van der Waals surface area contributed by atoms with E-state index in [9.17, 15) is 0 Å². The van der Waals surface area contributed by atoms with E-state index in [1.54, 1.807) is 11.3 Å². The van der Waals surface area contributed by atoms with Gasteiger partial charge in [-0.3, -0.25) is 0 Å². The number of rotatable bonds is 5. The number of ether oxygens (including phenoxy) is 1. The summed E-state index contributed by atoms with van der Waals surface area (Å²) in [5.74, 6) is 0.465. The lowest BCUT2D eigenvalue weighted by molar-refractivity contribution is 0.123. The van der Waals surface area contributed by atoms with Gasteiger partial charge in [0.15, 0.2) is 0 Å². The molecule has 16 heavy (non-hydrogen) atoms. The first-order valence-corrected chi connectivity index (χ1v) is 6.75. The summed E-state index contributed by atoms with van der Waals surface area (Å²) < 4.78 is 5.55. The minimum absolute atomic E-state index is 0.371. The smallest absolute Gasteiger partial charge is 0.131 e. The van der Waals surface area contributed by atoms with Gasteiger partial charge in [0.2, 0.25) is 0 Å². The lowest BCUT2D eigenvalue weighted by Gasteiger charge is -2.00. The first-order chi connectivity index (χ1) is 7.79. The molecule has 1 aliphatic rings. The molecule has 0 aliphatic carbocycles. The molecule has 1 fully saturated rings. The van der Waals surface area contributed by atoms with Crippen LogP contribution >= 0.6 is 11.3 Å². The van der Waals surface area contributed by atoms with Crippen molar-refractivity contribution in [3.05, 3.63) is 10.0 Å². The Hall–Kier alpha value is -0.520. The van der Waals surface area contributed by atoms with E-state index >= 15 is 0 Å². The predicted octanol–water partition coefficient (Wildman–Crippen LogP) is 1.93. The summed E-state index contributed by atoms with van der Waals surface area (Å²) in [4.78, 5) is 0. The van der Waals surface area contributed by atoms with Crippen LogP contribution in [0.2, 0.25) is 0 Å². The third-order valence-corrected chi connectivity index (χ3v) is 3.82. The molecule has 5 heteroatoms. The fourth-order valence-electron chi connectivity index (χ4n) is 1.86. The lowest BCUT2D eigenvalue weighted by atomic mass is 10.1. The summed E-state index contributed by atoms with van der Waals surface area (Å²) in [7, 11) is 0. The monoisotopic (exact) mass is 241 g/mol. The van der Waals surface area contributed by atoms with E-state index in [4.69, 9.17) is 4.74 Å². The summed E-state index contributed by atoms with van der Waals surface area (Å²) in [6.07, 6.45) is 2.60.